The molecule has 2 atom stereocenters. The minimum atomic E-state index is -0.739. The van der Waals surface area contributed by atoms with E-state index in [2.05, 4.69) is 26.1 Å². The number of hydrogen-bond donors (Lipinski definition) is 2. The first kappa shape index (κ1) is 17.0. The number of carbonyl (C=O) groups is 2. The predicted octanol–water partition coefficient (Wildman–Crippen LogP) is 1.72. The number of nitrogens with zero attached hydrogens (tertiary/aromatic N) is 1. The molecule has 5 nitrogen and oxygen atoms in total. The highest BCUT2D eigenvalue weighted by Crippen LogP contribution is 2.17. The van der Waals surface area contributed by atoms with Gasteiger partial charge in [-0.05, 0) is 32.1 Å². The Morgan fingerprint density at radius 2 is 1.90 bits per heavy atom. The molecule has 1 heterocycles. The summed E-state index contributed by atoms with van der Waals surface area (Å²) in [5.74, 6) is -0.266. The number of piperidine rings is 1. The van der Waals surface area contributed by atoms with E-state index < -0.39 is 5.97 Å². The van der Waals surface area contributed by atoms with Gasteiger partial charge in [0.05, 0.1) is 12.5 Å². The van der Waals surface area contributed by atoms with E-state index in [-0.39, 0.29) is 11.8 Å². The van der Waals surface area contributed by atoms with Crippen molar-refractivity contribution in [2.24, 2.45) is 11.8 Å². The second-order valence-electron chi connectivity index (χ2n) is 6.02. The Balaban J connectivity index is 2.25. The lowest BCUT2D eigenvalue weighted by Crippen LogP contribution is -2.45. The molecule has 1 aliphatic rings. The predicted molar refractivity (Wildman–Crippen MR) is 78.5 cm³/mol. The van der Waals surface area contributed by atoms with Crippen molar-refractivity contribution in [2.45, 2.75) is 52.5 Å². The Labute approximate surface area is 121 Å². The van der Waals surface area contributed by atoms with Gasteiger partial charge in [-0.25, -0.2) is 0 Å². The van der Waals surface area contributed by atoms with E-state index in [1.165, 1.54) is 0 Å². The number of aliphatic carboxylic acids is 1. The molecular formula is C15H28N2O3. The molecule has 1 rings (SSSR count). The average Bonchev–Trinajstić information content (AvgIpc) is 2.44. The largest absolute Gasteiger partial charge is 0.481 e. The third-order valence-corrected chi connectivity index (χ3v) is 4.25. The maximum atomic E-state index is 12.1. The van der Waals surface area contributed by atoms with Gasteiger partial charge in [-0.1, -0.05) is 20.3 Å². The Kier molecular flexibility index (Phi) is 6.99. The quantitative estimate of drug-likeness (QED) is 0.747. The number of amides is 1. The van der Waals surface area contributed by atoms with Gasteiger partial charge in [0.25, 0.3) is 0 Å². The normalized spacial score (nSPS) is 19.6. The maximum absolute atomic E-state index is 12.1. The molecule has 20 heavy (non-hydrogen) atoms. The van der Waals surface area contributed by atoms with Crippen LogP contribution < -0.4 is 5.32 Å². The first-order valence-corrected chi connectivity index (χ1v) is 7.68. The smallest absolute Gasteiger partial charge is 0.306 e. The fourth-order valence-electron chi connectivity index (χ4n) is 2.60. The van der Waals surface area contributed by atoms with Crippen LogP contribution in [0.25, 0.3) is 0 Å². The summed E-state index contributed by atoms with van der Waals surface area (Å²) in [4.78, 5) is 24.7. The molecule has 1 fully saturated rings. The topological polar surface area (TPSA) is 69.6 Å². The van der Waals surface area contributed by atoms with Crippen molar-refractivity contribution < 1.29 is 14.7 Å². The molecule has 0 aromatic heterocycles. The minimum Gasteiger partial charge on any atom is -0.481 e. The molecule has 0 aromatic carbocycles. The summed E-state index contributed by atoms with van der Waals surface area (Å²) >= 11 is 0. The molecule has 2 unspecified atom stereocenters. The van der Waals surface area contributed by atoms with Crippen molar-refractivity contribution in [1.29, 1.82) is 0 Å². The van der Waals surface area contributed by atoms with Crippen molar-refractivity contribution in [3.63, 3.8) is 0 Å². The Hall–Kier alpha value is -1.10. The lowest BCUT2D eigenvalue weighted by molar-refractivity contribution is -0.145. The number of carboxylic acid groups (broad SMARTS) is 1. The van der Waals surface area contributed by atoms with E-state index in [4.69, 9.17) is 5.11 Å². The van der Waals surface area contributed by atoms with Crippen LogP contribution in [0.15, 0.2) is 0 Å². The highest BCUT2D eigenvalue weighted by atomic mass is 16.4. The van der Waals surface area contributed by atoms with Crippen LogP contribution in [0.1, 0.15) is 46.5 Å². The van der Waals surface area contributed by atoms with Crippen molar-refractivity contribution in [2.75, 3.05) is 19.6 Å². The van der Waals surface area contributed by atoms with Crippen molar-refractivity contribution >= 4 is 11.9 Å². The summed E-state index contributed by atoms with van der Waals surface area (Å²) in [7, 11) is 0. The molecule has 1 aliphatic heterocycles. The number of nitrogens with one attached hydrogen (secondary N) is 1. The van der Waals surface area contributed by atoms with Crippen LogP contribution in [0, 0.1) is 11.8 Å². The Morgan fingerprint density at radius 3 is 2.40 bits per heavy atom. The molecule has 2 N–H and O–H groups in total. The van der Waals surface area contributed by atoms with E-state index in [1.807, 2.05) is 0 Å². The van der Waals surface area contributed by atoms with Crippen LogP contribution >= 0.6 is 0 Å². The van der Waals surface area contributed by atoms with Crippen LogP contribution in [0.4, 0.5) is 0 Å². The summed E-state index contributed by atoms with van der Waals surface area (Å²) in [6, 6.07) is 0.338. The maximum Gasteiger partial charge on any atom is 0.306 e. The van der Waals surface area contributed by atoms with Crippen LogP contribution in [0.2, 0.25) is 0 Å². The molecule has 0 aromatic rings. The van der Waals surface area contributed by atoms with Gasteiger partial charge >= 0.3 is 5.97 Å². The second-order valence-corrected chi connectivity index (χ2v) is 6.02. The SMILES string of the molecule is CCC(C)CC(C)NCC(=O)N1CCC(C(=O)O)CC1. The molecule has 0 aliphatic carbocycles. The zero-order chi connectivity index (χ0) is 15.1. The standard InChI is InChI=1S/C15H28N2O3/c1-4-11(2)9-12(3)16-10-14(18)17-7-5-13(6-8-17)15(19)20/h11-13,16H,4-10H2,1-3H3,(H,19,20). The first-order valence-electron chi connectivity index (χ1n) is 7.68. The van der Waals surface area contributed by atoms with Gasteiger partial charge in [0.2, 0.25) is 5.91 Å². The lowest BCUT2D eigenvalue weighted by Gasteiger charge is -2.30. The van der Waals surface area contributed by atoms with Gasteiger partial charge in [-0.3, -0.25) is 9.59 Å². The van der Waals surface area contributed by atoms with Gasteiger partial charge in [-0.15, -0.1) is 0 Å². The van der Waals surface area contributed by atoms with E-state index >= 15 is 0 Å². The summed E-state index contributed by atoms with van der Waals surface area (Å²) in [6.07, 6.45) is 3.38. The number of hydrogen-bond acceptors (Lipinski definition) is 3. The van der Waals surface area contributed by atoms with E-state index in [9.17, 15) is 9.59 Å². The molecule has 1 amide bonds. The highest BCUT2D eigenvalue weighted by Gasteiger charge is 2.26. The minimum absolute atomic E-state index is 0.0878. The summed E-state index contributed by atoms with van der Waals surface area (Å²) in [5, 5.41) is 12.2. The summed E-state index contributed by atoms with van der Waals surface area (Å²) in [6.45, 7) is 7.99. The van der Waals surface area contributed by atoms with E-state index in [1.54, 1.807) is 4.90 Å². The fraction of sp³-hybridized carbons (Fsp3) is 0.867. The third-order valence-electron chi connectivity index (χ3n) is 4.25. The molecule has 0 bridgehead atoms. The van der Waals surface area contributed by atoms with Crippen molar-refractivity contribution in [3.05, 3.63) is 0 Å². The molecule has 0 radical (unpaired) electrons. The molecule has 5 heteroatoms. The summed E-state index contributed by atoms with van der Waals surface area (Å²) < 4.78 is 0. The number of carboxylic acids is 1. The van der Waals surface area contributed by atoms with Crippen LogP contribution in [0.5, 0.6) is 0 Å². The number of likely N-dealkylation sites (tertiary alicyclic amines) is 1. The second kappa shape index (κ2) is 8.25. The van der Waals surface area contributed by atoms with Crippen LogP contribution in [0.3, 0.4) is 0 Å². The highest BCUT2D eigenvalue weighted by molar-refractivity contribution is 5.79. The van der Waals surface area contributed by atoms with Crippen LogP contribution in [-0.4, -0.2) is 47.6 Å². The van der Waals surface area contributed by atoms with Gasteiger partial charge < -0.3 is 15.3 Å². The zero-order valence-electron chi connectivity index (χ0n) is 12.9. The van der Waals surface area contributed by atoms with Gasteiger partial charge in [0.1, 0.15) is 0 Å². The third kappa shape index (κ3) is 5.49. The molecule has 0 saturated carbocycles. The monoisotopic (exact) mass is 284 g/mol. The summed E-state index contributed by atoms with van der Waals surface area (Å²) in [5.41, 5.74) is 0. The lowest BCUT2D eigenvalue weighted by atomic mass is 9.97. The van der Waals surface area contributed by atoms with Gasteiger partial charge in [-0.2, -0.15) is 0 Å². The zero-order valence-corrected chi connectivity index (χ0v) is 12.9. The number of rotatable bonds is 7. The fourth-order valence-corrected chi connectivity index (χ4v) is 2.60. The van der Waals surface area contributed by atoms with E-state index in [0.717, 1.165) is 12.8 Å². The van der Waals surface area contributed by atoms with Crippen molar-refractivity contribution in [1.82, 2.24) is 10.2 Å². The van der Waals surface area contributed by atoms with E-state index in [0.29, 0.717) is 44.4 Å². The molecule has 0 spiro atoms. The van der Waals surface area contributed by atoms with Crippen LogP contribution in [-0.2, 0) is 9.59 Å². The number of carbonyl (C=O) groups excluding carboxylic acids is 1. The van der Waals surface area contributed by atoms with Gasteiger partial charge in [0.15, 0.2) is 0 Å². The molecule has 1 saturated heterocycles. The van der Waals surface area contributed by atoms with Crippen molar-refractivity contribution in [3.8, 4) is 0 Å². The average molecular weight is 284 g/mol. The Morgan fingerprint density at radius 1 is 1.30 bits per heavy atom. The first-order chi connectivity index (χ1) is 9.43. The van der Waals surface area contributed by atoms with Gasteiger partial charge in [0, 0.05) is 19.1 Å². The molecule has 116 valence electrons. The molecular weight excluding hydrogens is 256 g/mol. The Bertz CT molecular complexity index is 325.